The lowest BCUT2D eigenvalue weighted by atomic mass is 9.96. The summed E-state index contributed by atoms with van der Waals surface area (Å²) in [6.07, 6.45) is 1.82. The molecule has 3 aromatic carbocycles. The highest BCUT2D eigenvalue weighted by Crippen LogP contribution is 2.33. The Balaban J connectivity index is 1.65. The van der Waals surface area contributed by atoms with Crippen molar-refractivity contribution in [3.63, 3.8) is 0 Å². The number of fused-ring (bicyclic) bond motifs is 1. The van der Waals surface area contributed by atoms with E-state index < -0.39 is 15.9 Å². The maximum absolute atomic E-state index is 12.5. The molecule has 164 valence electrons. The van der Waals surface area contributed by atoms with Gasteiger partial charge >= 0.3 is 0 Å². The summed E-state index contributed by atoms with van der Waals surface area (Å²) < 4.78 is 25.5. The molecular weight excluding hydrogens is 455 g/mol. The van der Waals surface area contributed by atoms with Crippen LogP contribution in [0.5, 0.6) is 0 Å². The number of carbonyl (C=O) groups is 1. The molecule has 0 heterocycles. The summed E-state index contributed by atoms with van der Waals surface area (Å²) in [6.45, 7) is 2.09. The molecule has 1 unspecified atom stereocenters. The van der Waals surface area contributed by atoms with Crippen LogP contribution >= 0.6 is 23.2 Å². The van der Waals surface area contributed by atoms with Crippen LogP contribution in [-0.2, 0) is 21.2 Å². The first-order valence-electron chi connectivity index (χ1n) is 9.82. The highest BCUT2D eigenvalue weighted by molar-refractivity contribution is 7.92. The SMILES string of the molecule is CC(CNC(=O)CN(c1cccc(Cl)c1Cl)S(C)(=O)=O)Cc1cccc2ccccc12. The Kier molecular flexibility index (Phi) is 7.46. The Bertz CT molecular complexity index is 1190. The second kappa shape index (κ2) is 9.90. The van der Waals surface area contributed by atoms with Crippen LogP contribution in [0.4, 0.5) is 5.69 Å². The minimum atomic E-state index is -3.73. The number of carbonyl (C=O) groups excluding carboxylic acids is 1. The van der Waals surface area contributed by atoms with Gasteiger partial charge in [-0.2, -0.15) is 0 Å². The average molecular weight is 479 g/mol. The number of sulfonamides is 1. The molecule has 5 nitrogen and oxygen atoms in total. The molecule has 31 heavy (non-hydrogen) atoms. The van der Waals surface area contributed by atoms with Crippen LogP contribution in [0.15, 0.2) is 60.7 Å². The number of benzene rings is 3. The van der Waals surface area contributed by atoms with Crippen molar-refractivity contribution in [3.05, 3.63) is 76.3 Å². The van der Waals surface area contributed by atoms with Crippen LogP contribution in [0.1, 0.15) is 12.5 Å². The molecule has 1 atom stereocenters. The van der Waals surface area contributed by atoms with Crippen molar-refractivity contribution < 1.29 is 13.2 Å². The van der Waals surface area contributed by atoms with Gasteiger partial charge < -0.3 is 5.32 Å². The van der Waals surface area contributed by atoms with Crippen LogP contribution in [0.25, 0.3) is 10.8 Å². The number of hydrogen-bond donors (Lipinski definition) is 1. The Hall–Kier alpha value is -2.28. The van der Waals surface area contributed by atoms with Gasteiger partial charge in [0, 0.05) is 6.54 Å². The van der Waals surface area contributed by atoms with Crippen molar-refractivity contribution in [3.8, 4) is 0 Å². The molecule has 3 rings (SSSR count). The normalized spacial score (nSPS) is 12.5. The van der Waals surface area contributed by atoms with Gasteiger partial charge in [0.05, 0.1) is 22.0 Å². The summed E-state index contributed by atoms with van der Waals surface area (Å²) in [6, 6.07) is 19.1. The summed E-state index contributed by atoms with van der Waals surface area (Å²) >= 11 is 12.2. The molecule has 0 aliphatic carbocycles. The lowest BCUT2D eigenvalue weighted by Gasteiger charge is -2.23. The van der Waals surface area contributed by atoms with E-state index in [9.17, 15) is 13.2 Å². The minimum absolute atomic E-state index is 0.0896. The average Bonchev–Trinajstić information content (AvgIpc) is 2.72. The topological polar surface area (TPSA) is 66.5 Å². The summed E-state index contributed by atoms with van der Waals surface area (Å²) in [5, 5.41) is 5.52. The maximum Gasteiger partial charge on any atom is 0.240 e. The van der Waals surface area contributed by atoms with E-state index in [0.717, 1.165) is 17.0 Å². The molecule has 0 aromatic heterocycles. The van der Waals surface area contributed by atoms with E-state index in [-0.39, 0.29) is 28.2 Å². The van der Waals surface area contributed by atoms with Crippen molar-refractivity contribution in [2.75, 3.05) is 23.7 Å². The first-order valence-corrected chi connectivity index (χ1v) is 12.4. The zero-order valence-corrected chi connectivity index (χ0v) is 19.6. The fraction of sp³-hybridized carbons (Fsp3) is 0.261. The molecule has 0 bridgehead atoms. The van der Waals surface area contributed by atoms with Crippen molar-refractivity contribution in [1.82, 2.24) is 5.32 Å². The largest absolute Gasteiger partial charge is 0.354 e. The summed E-state index contributed by atoms with van der Waals surface area (Å²) in [5.41, 5.74) is 1.39. The first-order chi connectivity index (χ1) is 14.7. The Labute approximate surface area is 193 Å². The maximum atomic E-state index is 12.5. The second-order valence-electron chi connectivity index (χ2n) is 7.59. The predicted molar refractivity (Wildman–Crippen MR) is 128 cm³/mol. The van der Waals surface area contributed by atoms with Crippen LogP contribution < -0.4 is 9.62 Å². The quantitative estimate of drug-likeness (QED) is 0.500. The molecule has 1 amide bonds. The fourth-order valence-electron chi connectivity index (χ4n) is 3.46. The molecule has 3 aromatic rings. The third kappa shape index (κ3) is 5.91. The zero-order valence-electron chi connectivity index (χ0n) is 17.3. The molecule has 0 aliphatic rings. The fourth-order valence-corrected chi connectivity index (χ4v) is 4.77. The van der Waals surface area contributed by atoms with Gasteiger partial charge in [0.2, 0.25) is 15.9 Å². The number of amides is 1. The van der Waals surface area contributed by atoms with Gasteiger partial charge in [-0.25, -0.2) is 8.42 Å². The van der Waals surface area contributed by atoms with Gasteiger partial charge in [-0.1, -0.05) is 78.7 Å². The lowest BCUT2D eigenvalue weighted by molar-refractivity contribution is -0.119. The summed E-state index contributed by atoms with van der Waals surface area (Å²) in [4.78, 5) is 12.5. The van der Waals surface area contributed by atoms with Gasteiger partial charge in [0.25, 0.3) is 0 Å². The predicted octanol–water partition coefficient (Wildman–Crippen LogP) is 4.91. The van der Waals surface area contributed by atoms with Crippen molar-refractivity contribution >= 4 is 55.6 Å². The molecular formula is C23H24Cl2N2O3S. The van der Waals surface area contributed by atoms with Crippen molar-refractivity contribution in [2.24, 2.45) is 5.92 Å². The number of hydrogen-bond acceptors (Lipinski definition) is 3. The minimum Gasteiger partial charge on any atom is -0.354 e. The van der Waals surface area contributed by atoms with Gasteiger partial charge in [0.15, 0.2) is 0 Å². The van der Waals surface area contributed by atoms with Crippen LogP contribution in [-0.4, -0.2) is 33.7 Å². The van der Waals surface area contributed by atoms with Gasteiger partial charge in [-0.15, -0.1) is 0 Å². The number of nitrogens with zero attached hydrogens (tertiary/aromatic N) is 1. The zero-order chi connectivity index (χ0) is 22.6. The molecule has 0 saturated carbocycles. The number of anilines is 1. The van der Waals surface area contributed by atoms with Crippen molar-refractivity contribution in [1.29, 1.82) is 0 Å². The monoisotopic (exact) mass is 478 g/mol. The van der Waals surface area contributed by atoms with Gasteiger partial charge in [-0.3, -0.25) is 9.10 Å². The summed E-state index contributed by atoms with van der Waals surface area (Å²) in [5.74, 6) is -0.248. The lowest BCUT2D eigenvalue weighted by Crippen LogP contribution is -2.41. The third-order valence-corrected chi connectivity index (χ3v) is 6.92. The third-order valence-electron chi connectivity index (χ3n) is 4.98. The summed E-state index contributed by atoms with van der Waals surface area (Å²) in [7, 11) is -3.73. The van der Waals surface area contributed by atoms with Crippen LogP contribution in [0, 0.1) is 5.92 Å². The van der Waals surface area contributed by atoms with Gasteiger partial charge in [0.1, 0.15) is 6.54 Å². The number of halogens is 2. The Morgan fingerprint density at radius 1 is 1.03 bits per heavy atom. The molecule has 0 aliphatic heterocycles. The smallest absolute Gasteiger partial charge is 0.240 e. The molecule has 0 saturated heterocycles. The van der Waals surface area contributed by atoms with Crippen LogP contribution in [0.2, 0.25) is 10.0 Å². The van der Waals surface area contributed by atoms with E-state index in [2.05, 4.69) is 29.6 Å². The number of nitrogens with one attached hydrogen (secondary N) is 1. The number of rotatable bonds is 8. The highest BCUT2D eigenvalue weighted by atomic mass is 35.5. The van der Waals surface area contributed by atoms with E-state index in [1.807, 2.05) is 25.1 Å². The Morgan fingerprint density at radius 2 is 1.71 bits per heavy atom. The van der Waals surface area contributed by atoms with E-state index >= 15 is 0 Å². The van der Waals surface area contributed by atoms with Gasteiger partial charge in [-0.05, 0) is 40.8 Å². The highest BCUT2D eigenvalue weighted by Gasteiger charge is 2.24. The molecule has 8 heteroatoms. The van der Waals surface area contributed by atoms with E-state index in [1.165, 1.54) is 22.4 Å². The van der Waals surface area contributed by atoms with E-state index in [0.29, 0.717) is 6.54 Å². The van der Waals surface area contributed by atoms with Crippen molar-refractivity contribution in [2.45, 2.75) is 13.3 Å². The standard InChI is InChI=1S/C23H24Cl2N2O3S/c1-16(13-18-9-5-8-17-7-3-4-10-19(17)18)14-26-22(28)15-27(31(2,29)30)21-12-6-11-20(24)23(21)25/h3-12,16H,13-15H2,1-2H3,(H,26,28). The van der Waals surface area contributed by atoms with Crippen LogP contribution in [0.3, 0.4) is 0 Å². The molecule has 0 spiro atoms. The van der Waals surface area contributed by atoms with E-state index in [1.54, 1.807) is 12.1 Å². The molecule has 0 radical (unpaired) electrons. The van der Waals surface area contributed by atoms with E-state index in [4.69, 9.17) is 23.2 Å². The Morgan fingerprint density at radius 3 is 2.45 bits per heavy atom. The molecule has 0 fully saturated rings. The molecule has 1 N–H and O–H groups in total. The second-order valence-corrected chi connectivity index (χ2v) is 10.3. The first kappa shape index (κ1) is 23.4.